The summed E-state index contributed by atoms with van der Waals surface area (Å²) in [5, 5.41) is 18.1. The minimum Gasteiger partial charge on any atom is -0.481 e. The molecule has 13 heavy (non-hydrogen) atoms. The second-order valence-corrected chi connectivity index (χ2v) is 3.50. The fourth-order valence-corrected chi connectivity index (χ4v) is 1.62. The van der Waals surface area contributed by atoms with Crippen molar-refractivity contribution in [1.82, 2.24) is 0 Å². The Morgan fingerprint density at radius 3 is 2.00 bits per heavy atom. The highest BCUT2D eigenvalue weighted by atomic mass is 16.4. The summed E-state index contributed by atoms with van der Waals surface area (Å²) in [6, 6.07) is 0. The molecule has 0 radical (unpaired) electrons. The Balaban J connectivity index is 3.93. The van der Waals surface area contributed by atoms with E-state index in [4.69, 9.17) is 5.11 Å². The van der Waals surface area contributed by atoms with Gasteiger partial charge in [-0.2, -0.15) is 0 Å². The number of aliphatic hydroxyl groups excluding tert-OH is 1. The normalized spacial score (nSPS) is 13.2. The predicted molar refractivity (Wildman–Crippen MR) is 51.6 cm³/mol. The van der Waals surface area contributed by atoms with Crippen LogP contribution in [0.4, 0.5) is 0 Å². The van der Waals surface area contributed by atoms with Crippen molar-refractivity contribution in [2.24, 2.45) is 5.92 Å². The van der Waals surface area contributed by atoms with Crippen LogP contribution in [-0.4, -0.2) is 22.3 Å². The van der Waals surface area contributed by atoms with E-state index in [2.05, 4.69) is 13.8 Å². The molecule has 0 bridgehead atoms. The second kappa shape index (κ2) is 6.89. The molecule has 0 rings (SSSR count). The van der Waals surface area contributed by atoms with E-state index in [9.17, 15) is 9.90 Å². The summed E-state index contributed by atoms with van der Waals surface area (Å²) in [5.41, 5.74) is 0. The number of aliphatic hydroxyl groups is 1. The zero-order valence-electron chi connectivity index (χ0n) is 8.49. The summed E-state index contributed by atoms with van der Waals surface area (Å²) in [7, 11) is 0. The van der Waals surface area contributed by atoms with Crippen LogP contribution in [0.5, 0.6) is 0 Å². The Morgan fingerprint density at radius 1 is 1.23 bits per heavy atom. The maximum absolute atomic E-state index is 10.4. The van der Waals surface area contributed by atoms with Gasteiger partial charge in [0.25, 0.3) is 0 Å². The average Bonchev–Trinajstić information content (AvgIpc) is 2.02. The Kier molecular flexibility index (Phi) is 6.59. The smallest absolute Gasteiger partial charge is 0.305 e. The minimum absolute atomic E-state index is 0.120. The van der Waals surface area contributed by atoms with Crippen molar-refractivity contribution >= 4 is 5.97 Å². The van der Waals surface area contributed by atoms with Crippen molar-refractivity contribution in [2.45, 2.75) is 52.1 Å². The van der Waals surface area contributed by atoms with Crippen LogP contribution >= 0.6 is 0 Å². The van der Waals surface area contributed by atoms with Gasteiger partial charge in [0, 0.05) is 0 Å². The third kappa shape index (κ3) is 5.64. The summed E-state index contributed by atoms with van der Waals surface area (Å²) in [6.07, 6.45) is 3.05. The SMILES string of the molecule is CCCC(CCC)[C@@H](O)CC(=O)O. The molecule has 0 aliphatic rings. The highest BCUT2D eigenvalue weighted by Gasteiger charge is 2.19. The molecule has 0 aromatic heterocycles. The van der Waals surface area contributed by atoms with Crippen molar-refractivity contribution in [3.8, 4) is 0 Å². The van der Waals surface area contributed by atoms with Crippen LogP contribution in [0, 0.1) is 5.92 Å². The van der Waals surface area contributed by atoms with Crippen molar-refractivity contribution in [3.05, 3.63) is 0 Å². The average molecular weight is 188 g/mol. The summed E-state index contributed by atoms with van der Waals surface area (Å²) >= 11 is 0. The second-order valence-electron chi connectivity index (χ2n) is 3.50. The zero-order chi connectivity index (χ0) is 10.3. The lowest BCUT2D eigenvalue weighted by atomic mass is 9.91. The van der Waals surface area contributed by atoms with Crippen molar-refractivity contribution in [1.29, 1.82) is 0 Å². The Hall–Kier alpha value is -0.570. The van der Waals surface area contributed by atoms with E-state index in [0.29, 0.717) is 0 Å². The molecule has 0 aliphatic heterocycles. The first-order valence-corrected chi connectivity index (χ1v) is 5.01. The van der Waals surface area contributed by atoms with Crippen LogP contribution in [0.25, 0.3) is 0 Å². The summed E-state index contributed by atoms with van der Waals surface area (Å²) in [4.78, 5) is 10.4. The molecule has 0 heterocycles. The van der Waals surface area contributed by atoms with Crippen LogP contribution in [0.2, 0.25) is 0 Å². The molecule has 3 heteroatoms. The van der Waals surface area contributed by atoms with E-state index in [1.165, 1.54) is 0 Å². The molecule has 1 atom stereocenters. The Labute approximate surface area is 79.8 Å². The first kappa shape index (κ1) is 12.4. The van der Waals surface area contributed by atoms with E-state index >= 15 is 0 Å². The highest BCUT2D eigenvalue weighted by molar-refractivity contribution is 5.67. The largest absolute Gasteiger partial charge is 0.481 e. The molecule has 3 nitrogen and oxygen atoms in total. The lowest BCUT2D eigenvalue weighted by molar-refractivity contribution is -0.140. The van der Waals surface area contributed by atoms with E-state index in [1.54, 1.807) is 0 Å². The molecule has 0 aliphatic carbocycles. The molecule has 2 N–H and O–H groups in total. The molecule has 0 aromatic rings. The first-order chi connectivity index (χ1) is 6.11. The number of rotatable bonds is 7. The van der Waals surface area contributed by atoms with Crippen LogP contribution in [0.1, 0.15) is 46.0 Å². The molecular weight excluding hydrogens is 168 g/mol. The zero-order valence-corrected chi connectivity index (χ0v) is 8.49. The van der Waals surface area contributed by atoms with E-state index in [1.807, 2.05) is 0 Å². The van der Waals surface area contributed by atoms with Gasteiger partial charge in [-0.1, -0.05) is 26.7 Å². The van der Waals surface area contributed by atoms with Crippen LogP contribution < -0.4 is 0 Å². The molecule has 78 valence electrons. The van der Waals surface area contributed by atoms with Gasteiger partial charge in [-0.15, -0.1) is 0 Å². The van der Waals surface area contributed by atoms with Gasteiger partial charge in [0.05, 0.1) is 12.5 Å². The van der Waals surface area contributed by atoms with E-state index < -0.39 is 12.1 Å². The van der Waals surface area contributed by atoms with Crippen LogP contribution in [-0.2, 0) is 4.79 Å². The molecule has 0 spiro atoms. The monoisotopic (exact) mass is 188 g/mol. The van der Waals surface area contributed by atoms with Crippen molar-refractivity contribution < 1.29 is 15.0 Å². The lowest BCUT2D eigenvalue weighted by Gasteiger charge is -2.20. The van der Waals surface area contributed by atoms with Crippen molar-refractivity contribution in [2.75, 3.05) is 0 Å². The number of hydrogen-bond acceptors (Lipinski definition) is 2. The quantitative estimate of drug-likeness (QED) is 0.642. The van der Waals surface area contributed by atoms with Crippen LogP contribution in [0.3, 0.4) is 0 Å². The van der Waals surface area contributed by atoms with Crippen molar-refractivity contribution in [3.63, 3.8) is 0 Å². The van der Waals surface area contributed by atoms with E-state index in [-0.39, 0.29) is 12.3 Å². The maximum atomic E-state index is 10.4. The number of aliphatic carboxylic acids is 1. The summed E-state index contributed by atoms with van der Waals surface area (Å²) < 4.78 is 0. The summed E-state index contributed by atoms with van der Waals surface area (Å²) in [5.74, 6) is -0.754. The molecule has 0 saturated carbocycles. The summed E-state index contributed by atoms with van der Waals surface area (Å²) in [6.45, 7) is 4.10. The number of carboxylic acid groups (broad SMARTS) is 1. The van der Waals surface area contributed by atoms with Gasteiger partial charge in [0.2, 0.25) is 0 Å². The van der Waals surface area contributed by atoms with Gasteiger partial charge in [-0.3, -0.25) is 4.79 Å². The van der Waals surface area contributed by atoms with Gasteiger partial charge in [-0.05, 0) is 18.8 Å². The predicted octanol–water partition coefficient (Wildman–Crippen LogP) is 2.04. The first-order valence-electron chi connectivity index (χ1n) is 5.01. The Morgan fingerprint density at radius 2 is 1.69 bits per heavy atom. The van der Waals surface area contributed by atoms with Gasteiger partial charge >= 0.3 is 5.97 Å². The van der Waals surface area contributed by atoms with E-state index in [0.717, 1.165) is 25.7 Å². The van der Waals surface area contributed by atoms with Gasteiger partial charge in [0.15, 0.2) is 0 Å². The van der Waals surface area contributed by atoms with Gasteiger partial charge in [-0.25, -0.2) is 0 Å². The molecule has 0 unspecified atom stereocenters. The lowest BCUT2D eigenvalue weighted by Crippen LogP contribution is -2.23. The third-order valence-corrected chi connectivity index (χ3v) is 2.25. The topological polar surface area (TPSA) is 57.5 Å². The molecule has 0 saturated heterocycles. The minimum atomic E-state index is -0.912. The fourth-order valence-electron chi connectivity index (χ4n) is 1.62. The van der Waals surface area contributed by atoms with Crippen LogP contribution in [0.15, 0.2) is 0 Å². The molecular formula is C10H20O3. The van der Waals surface area contributed by atoms with Gasteiger partial charge < -0.3 is 10.2 Å². The fraction of sp³-hybridized carbons (Fsp3) is 0.900. The highest BCUT2D eigenvalue weighted by Crippen LogP contribution is 2.19. The molecule has 0 aromatic carbocycles. The third-order valence-electron chi connectivity index (χ3n) is 2.25. The number of carbonyl (C=O) groups is 1. The number of carboxylic acids is 1. The molecule has 0 fully saturated rings. The van der Waals surface area contributed by atoms with Gasteiger partial charge in [0.1, 0.15) is 0 Å². The number of hydrogen-bond donors (Lipinski definition) is 2. The Bertz CT molecular complexity index is 139. The standard InChI is InChI=1S/C10H20O3/c1-3-5-8(6-4-2)9(11)7-10(12)13/h8-9,11H,3-7H2,1-2H3,(H,12,13)/t9-/m0/s1. The maximum Gasteiger partial charge on any atom is 0.305 e. The molecule has 0 amide bonds.